The van der Waals surface area contributed by atoms with Crippen LogP contribution in [0.4, 0.5) is 0 Å². The van der Waals surface area contributed by atoms with Crippen LogP contribution < -0.4 is 0 Å². The van der Waals surface area contributed by atoms with Gasteiger partial charge in [0.15, 0.2) is 17.5 Å². The van der Waals surface area contributed by atoms with Crippen molar-refractivity contribution in [1.82, 2.24) is 24.5 Å². The highest BCUT2D eigenvalue weighted by Gasteiger charge is 2.21. The van der Waals surface area contributed by atoms with Gasteiger partial charge in [-0.3, -0.25) is 4.57 Å². The molecule has 234 valence electrons. The number of aromatic nitrogens is 5. The Morgan fingerprint density at radius 1 is 0.420 bits per heavy atom. The first-order valence-corrected chi connectivity index (χ1v) is 16.6. The Morgan fingerprint density at radius 2 is 1.04 bits per heavy atom. The minimum absolute atomic E-state index is 0.557. The third-order valence-corrected chi connectivity index (χ3v) is 9.32. The van der Waals surface area contributed by atoms with E-state index >= 15 is 0 Å². The second-order valence-corrected chi connectivity index (χ2v) is 12.3. The van der Waals surface area contributed by atoms with Crippen LogP contribution >= 0.6 is 0 Å². The van der Waals surface area contributed by atoms with Crippen molar-refractivity contribution in [3.63, 3.8) is 0 Å². The number of furan rings is 1. The highest BCUT2D eigenvalue weighted by Crippen LogP contribution is 2.40. The van der Waals surface area contributed by atoms with Crippen molar-refractivity contribution >= 4 is 43.7 Å². The van der Waals surface area contributed by atoms with Gasteiger partial charge in [0.25, 0.3) is 0 Å². The lowest BCUT2D eigenvalue weighted by atomic mass is 9.98. The second-order valence-electron chi connectivity index (χ2n) is 12.3. The van der Waals surface area contributed by atoms with Gasteiger partial charge in [-0.25, -0.2) is 19.9 Å². The number of hydrogen-bond donors (Lipinski definition) is 0. The first-order valence-electron chi connectivity index (χ1n) is 16.6. The molecule has 0 spiro atoms. The van der Waals surface area contributed by atoms with Gasteiger partial charge >= 0.3 is 0 Å². The highest BCUT2D eigenvalue weighted by atomic mass is 16.3. The summed E-state index contributed by atoms with van der Waals surface area (Å²) in [7, 11) is 0. The van der Waals surface area contributed by atoms with Crippen LogP contribution in [0, 0.1) is 0 Å². The molecule has 4 aromatic heterocycles. The van der Waals surface area contributed by atoms with Crippen LogP contribution in [-0.2, 0) is 0 Å². The fraction of sp³-hybridized carbons (Fsp3) is 0. The Kier molecular flexibility index (Phi) is 6.39. The molecule has 0 aliphatic rings. The molecule has 0 aliphatic heterocycles. The molecule has 0 atom stereocenters. The van der Waals surface area contributed by atoms with E-state index in [1.807, 2.05) is 97.2 Å². The molecule has 10 aromatic rings. The lowest BCUT2D eigenvalue weighted by Gasteiger charge is -2.13. The first-order chi connectivity index (χ1) is 24.8. The van der Waals surface area contributed by atoms with E-state index in [0.717, 1.165) is 77.4 Å². The van der Waals surface area contributed by atoms with Crippen molar-refractivity contribution in [2.24, 2.45) is 0 Å². The molecular weight excluding hydrogens is 615 g/mol. The van der Waals surface area contributed by atoms with Gasteiger partial charge in [-0.1, -0.05) is 115 Å². The maximum atomic E-state index is 6.23. The zero-order valence-corrected chi connectivity index (χ0v) is 26.7. The summed E-state index contributed by atoms with van der Waals surface area (Å²) in [6.07, 6.45) is 1.83. The van der Waals surface area contributed by atoms with Crippen molar-refractivity contribution in [3.8, 4) is 51.1 Å². The number of hydrogen-bond acceptors (Lipinski definition) is 5. The van der Waals surface area contributed by atoms with E-state index in [4.69, 9.17) is 24.4 Å². The maximum absolute atomic E-state index is 6.23. The predicted molar refractivity (Wildman–Crippen MR) is 201 cm³/mol. The van der Waals surface area contributed by atoms with E-state index in [-0.39, 0.29) is 0 Å². The summed E-state index contributed by atoms with van der Waals surface area (Å²) in [5.41, 5.74) is 8.77. The minimum atomic E-state index is 0.557. The van der Waals surface area contributed by atoms with Crippen LogP contribution in [-0.4, -0.2) is 24.5 Å². The summed E-state index contributed by atoms with van der Waals surface area (Å²) < 4.78 is 8.46. The second kappa shape index (κ2) is 11.4. The van der Waals surface area contributed by atoms with Crippen LogP contribution in [0.2, 0.25) is 0 Å². The van der Waals surface area contributed by atoms with Crippen LogP contribution in [0.1, 0.15) is 0 Å². The number of rotatable bonds is 5. The quantitative estimate of drug-likeness (QED) is 0.187. The summed E-state index contributed by atoms with van der Waals surface area (Å²) in [4.78, 5) is 20.0. The number of nitrogens with zero attached hydrogens (tertiary/aromatic N) is 5. The van der Waals surface area contributed by atoms with Gasteiger partial charge in [-0.2, -0.15) is 0 Å². The van der Waals surface area contributed by atoms with E-state index < -0.39 is 0 Å². The van der Waals surface area contributed by atoms with Crippen LogP contribution in [0.5, 0.6) is 0 Å². The van der Waals surface area contributed by atoms with Gasteiger partial charge in [0.05, 0.1) is 16.6 Å². The van der Waals surface area contributed by atoms with Crippen LogP contribution in [0.3, 0.4) is 0 Å². The van der Waals surface area contributed by atoms with Crippen LogP contribution in [0.25, 0.3) is 94.9 Å². The van der Waals surface area contributed by atoms with E-state index in [1.54, 1.807) is 0 Å². The highest BCUT2D eigenvalue weighted by molar-refractivity contribution is 6.15. The SMILES string of the molecule is c1ccc(-c2nc(-c3ccccc3)nc(-c3cccnc3-n3c4ccccc4c4cc(-c5cccc6oc7ccccc7c56)ccc43)n2)cc1. The molecule has 0 aliphatic carbocycles. The Labute approximate surface area is 287 Å². The molecule has 0 fully saturated rings. The summed E-state index contributed by atoms with van der Waals surface area (Å²) in [6.45, 7) is 0. The fourth-order valence-electron chi connectivity index (χ4n) is 7.06. The summed E-state index contributed by atoms with van der Waals surface area (Å²) >= 11 is 0. The summed E-state index contributed by atoms with van der Waals surface area (Å²) in [5.74, 6) is 2.52. The number of pyridine rings is 1. The molecule has 0 N–H and O–H groups in total. The smallest absolute Gasteiger partial charge is 0.167 e. The molecular formula is C44H27N5O. The third kappa shape index (κ3) is 4.50. The molecule has 50 heavy (non-hydrogen) atoms. The van der Waals surface area contributed by atoms with Crippen molar-refractivity contribution in [2.45, 2.75) is 0 Å². The molecule has 10 rings (SSSR count). The fourth-order valence-corrected chi connectivity index (χ4v) is 7.06. The first kappa shape index (κ1) is 28.1. The van der Waals surface area contributed by atoms with Gasteiger partial charge < -0.3 is 4.42 Å². The van der Waals surface area contributed by atoms with Crippen molar-refractivity contribution in [2.75, 3.05) is 0 Å². The molecule has 0 saturated heterocycles. The molecule has 0 bridgehead atoms. The van der Waals surface area contributed by atoms with E-state index in [1.165, 1.54) is 0 Å². The maximum Gasteiger partial charge on any atom is 0.167 e. The molecule has 0 saturated carbocycles. The van der Waals surface area contributed by atoms with Gasteiger partial charge in [-0.15, -0.1) is 0 Å². The zero-order chi connectivity index (χ0) is 33.0. The average molecular weight is 642 g/mol. The molecule has 0 unspecified atom stereocenters. The molecule has 6 aromatic carbocycles. The average Bonchev–Trinajstić information content (AvgIpc) is 3.74. The molecule has 0 radical (unpaired) electrons. The van der Waals surface area contributed by atoms with Gasteiger partial charge in [0.2, 0.25) is 0 Å². The minimum Gasteiger partial charge on any atom is -0.456 e. The third-order valence-electron chi connectivity index (χ3n) is 9.32. The van der Waals surface area contributed by atoms with E-state index in [2.05, 4.69) is 71.3 Å². The van der Waals surface area contributed by atoms with E-state index in [0.29, 0.717) is 17.5 Å². The number of fused-ring (bicyclic) bond motifs is 6. The number of benzene rings is 6. The summed E-state index contributed by atoms with van der Waals surface area (Å²) in [6, 6.07) is 53.7. The Morgan fingerprint density at radius 3 is 1.82 bits per heavy atom. The monoisotopic (exact) mass is 641 g/mol. The summed E-state index contributed by atoms with van der Waals surface area (Å²) in [5, 5.41) is 4.50. The van der Waals surface area contributed by atoms with Crippen molar-refractivity contribution in [1.29, 1.82) is 0 Å². The number of para-hydroxylation sites is 2. The van der Waals surface area contributed by atoms with E-state index in [9.17, 15) is 0 Å². The standard InChI is InChI=1S/C44H27N5O/c1-3-13-28(14-4-1)41-46-42(29-15-5-2-6-16-29)48-43(47-41)34-20-12-26-45-44(34)49-36-21-9-7-17-32(36)35-27-30(24-25-37(35)49)31-19-11-23-39-40(31)33-18-8-10-22-38(33)50-39/h1-27H. The molecule has 0 amide bonds. The van der Waals surface area contributed by atoms with Crippen molar-refractivity contribution < 1.29 is 4.42 Å². The Hall–Kier alpha value is -6.92. The largest absolute Gasteiger partial charge is 0.456 e. The Bertz CT molecular complexity index is 2820. The van der Waals surface area contributed by atoms with Gasteiger partial charge in [0.1, 0.15) is 17.0 Å². The van der Waals surface area contributed by atoms with Gasteiger partial charge in [0, 0.05) is 38.9 Å². The molecule has 4 heterocycles. The normalized spacial score (nSPS) is 11.6. The topological polar surface area (TPSA) is 69.6 Å². The Balaban J connectivity index is 1.20. The molecule has 6 nitrogen and oxygen atoms in total. The zero-order valence-electron chi connectivity index (χ0n) is 26.7. The lowest BCUT2D eigenvalue weighted by molar-refractivity contribution is 0.669. The lowest BCUT2D eigenvalue weighted by Crippen LogP contribution is -2.05. The van der Waals surface area contributed by atoms with Gasteiger partial charge in [-0.05, 0) is 53.6 Å². The predicted octanol–water partition coefficient (Wildman–Crippen LogP) is 10.9. The van der Waals surface area contributed by atoms with Crippen LogP contribution in [0.15, 0.2) is 168 Å². The van der Waals surface area contributed by atoms with Crippen molar-refractivity contribution in [3.05, 3.63) is 164 Å². The molecule has 6 heteroatoms.